The van der Waals surface area contributed by atoms with Crippen LogP contribution < -0.4 is 20.6 Å². The smallest absolute Gasteiger partial charge is 0.269 e. The molecule has 2 aromatic carbocycles. The number of hydrogen-bond acceptors (Lipinski definition) is 6. The van der Waals surface area contributed by atoms with Crippen molar-refractivity contribution in [1.82, 2.24) is 10.9 Å². The molecule has 0 aliphatic rings. The summed E-state index contributed by atoms with van der Waals surface area (Å²) in [6, 6.07) is 8.22. The molecule has 0 heterocycles. The van der Waals surface area contributed by atoms with E-state index >= 15 is 0 Å². The number of nitrogens with one attached hydrogen (secondary N) is 3. The van der Waals surface area contributed by atoms with Crippen LogP contribution in [0.5, 0.6) is 5.75 Å². The second-order valence-electron chi connectivity index (χ2n) is 13.9. The van der Waals surface area contributed by atoms with Gasteiger partial charge in [-0.05, 0) is 86.0 Å². The summed E-state index contributed by atoms with van der Waals surface area (Å²) in [5.74, 6) is -1.76. The van der Waals surface area contributed by atoms with Gasteiger partial charge in [0.15, 0.2) is 14.1 Å². The number of anilines is 1. The van der Waals surface area contributed by atoms with E-state index in [2.05, 4.69) is 50.0 Å². The Morgan fingerprint density at radius 1 is 0.977 bits per heavy atom. The molecule has 0 aliphatic heterocycles. The van der Waals surface area contributed by atoms with Crippen molar-refractivity contribution < 1.29 is 22.8 Å². The number of benzene rings is 2. The Bertz CT molecular complexity index is 1400. The Morgan fingerprint density at radius 2 is 1.56 bits per heavy atom. The van der Waals surface area contributed by atoms with E-state index in [4.69, 9.17) is 20.5 Å². The predicted molar refractivity (Wildman–Crippen MR) is 176 cm³/mol. The molecule has 0 saturated heterocycles. The summed E-state index contributed by atoms with van der Waals surface area (Å²) in [5, 5.41) is 12.5. The van der Waals surface area contributed by atoms with Crippen LogP contribution in [0.25, 0.3) is 0 Å². The Morgan fingerprint density at radius 3 is 2.09 bits per heavy atom. The Labute approximate surface area is 262 Å². The first kappa shape index (κ1) is 36.3. The summed E-state index contributed by atoms with van der Waals surface area (Å²) in [6.45, 7) is 24.1. The highest BCUT2D eigenvalue weighted by atomic mass is 35.5. The van der Waals surface area contributed by atoms with Crippen LogP contribution in [0.4, 0.5) is 10.1 Å². The largest absolute Gasteiger partial charge is 0.542 e. The second kappa shape index (κ2) is 13.4. The van der Waals surface area contributed by atoms with Gasteiger partial charge in [-0.15, -0.1) is 0 Å². The molecule has 2 aromatic rings. The van der Waals surface area contributed by atoms with Crippen molar-refractivity contribution in [3.8, 4) is 11.8 Å². The molecule has 2 amide bonds. The van der Waals surface area contributed by atoms with E-state index in [1.165, 1.54) is 18.2 Å². The van der Waals surface area contributed by atoms with E-state index in [0.717, 1.165) is 0 Å². The fourth-order valence-corrected chi connectivity index (χ4v) is 6.26. The maximum Gasteiger partial charge on any atom is 0.269 e. The molecule has 0 saturated carbocycles. The van der Waals surface area contributed by atoms with Crippen molar-refractivity contribution in [2.75, 3.05) is 5.32 Å². The first-order chi connectivity index (χ1) is 19.5. The SMILES string of the molecule is Cc1c(NC(C(=O)NNC(=O)c2ccc(F)c(O[Si](C)(C)C(C)(C)C)c2)C(C)O[Si](C)(C)C(C)(C)C)ccc(C#N)c1Cl. The Kier molecular flexibility index (Phi) is 11.3. The molecular formula is C31H46ClFN4O4Si2. The van der Waals surface area contributed by atoms with Gasteiger partial charge in [0.2, 0.25) is 0 Å². The molecule has 0 bridgehead atoms. The first-order valence-electron chi connectivity index (χ1n) is 14.2. The minimum atomic E-state index is -2.37. The number of nitriles is 1. The minimum absolute atomic E-state index is 0.00493. The van der Waals surface area contributed by atoms with Crippen LogP contribution in [-0.2, 0) is 9.22 Å². The highest BCUT2D eigenvalue weighted by molar-refractivity contribution is 6.75. The molecular weight excluding hydrogens is 603 g/mol. The van der Waals surface area contributed by atoms with Gasteiger partial charge in [-0.2, -0.15) is 5.26 Å². The van der Waals surface area contributed by atoms with E-state index < -0.39 is 46.4 Å². The lowest BCUT2D eigenvalue weighted by Crippen LogP contribution is -2.55. The van der Waals surface area contributed by atoms with E-state index in [9.17, 15) is 19.2 Å². The molecule has 236 valence electrons. The monoisotopic (exact) mass is 648 g/mol. The number of carbonyl (C=O) groups excluding carboxylic acids is 2. The molecule has 2 unspecified atom stereocenters. The lowest BCUT2D eigenvalue weighted by Gasteiger charge is -2.40. The number of halogens is 2. The molecule has 0 spiro atoms. The van der Waals surface area contributed by atoms with Crippen molar-refractivity contribution in [3.05, 3.63) is 57.9 Å². The molecule has 12 heteroatoms. The van der Waals surface area contributed by atoms with Gasteiger partial charge >= 0.3 is 0 Å². The van der Waals surface area contributed by atoms with Gasteiger partial charge in [0, 0.05) is 11.3 Å². The number of amides is 2. The van der Waals surface area contributed by atoms with Crippen LogP contribution in [0, 0.1) is 24.1 Å². The average molecular weight is 649 g/mol. The summed E-state index contributed by atoms with van der Waals surface area (Å²) < 4.78 is 27.3. The van der Waals surface area contributed by atoms with E-state index in [1.54, 1.807) is 26.0 Å². The fraction of sp³-hybridized carbons (Fsp3) is 0.516. The second-order valence-corrected chi connectivity index (χ2v) is 23.7. The van der Waals surface area contributed by atoms with E-state index in [-0.39, 0.29) is 26.4 Å². The summed E-state index contributed by atoms with van der Waals surface area (Å²) in [4.78, 5) is 26.7. The molecule has 0 fully saturated rings. The molecule has 2 atom stereocenters. The van der Waals surface area contributed by atoms with Crippen molar-refractivity contribution in [1.29, 1.82) is 5.26 Å². The van der Waals surface area contributed by atoms with Crippen molar-refractivity contribution >= 4 is 45.7 Å². The standard InChI is InChI=1S/C31H46ClFN4O4Si2/c1-19-24(16-14-22(18-34)26(19)32)35-27(20(2)40-42(9,10)30(3,4)5)29(39)37-36-28(38)21-13-15-23(33)25(17-21)41-43(11,12)31(6,7)8/h13-17,20,27,35H,1-12H3,(H,36,38)(H,37,39). The molecule has 0 aromatic heterocycles. The highest BCUT2D eigenvalue weighted by Gasteiger charge is 2.41. The first-order valence-corrected chi connectivity index (χ1v) is 20.4. The number of rotatable bonds is 9. The Balaban J connectivity index is 2.33. The predicted octanol–water partition coefficient (Wildman–Crippen LogP) is 7.70. The van der Waals surface area contributed by atoms with E-state index in [0.29, 0.717) is 16.8 Å². The average Bonchev–Trinajstić information content (AvgIpc) is 2.87. The van der Waals surface area contributed by atoms with Crippen LogP contribution in [0.1, 0.15) is 70.0 Å². The molecule has 0 aliphatic carbocycles. The summed E-state index contributed by atoms with van der Waals surface area (Å²) in [5.41, 5.74) is 6.52. The quantitative estimate of drug-likeness (QED) is 0.190. The van der Waals surface area contributed by atoms with Crippen LogP contribution in [0.2, 0.25) is 41.3 Å². The lowest BCUT2D eigenvalue weighted by atomic mass is 10.1. The van der Waals surface area contributed by atoms with Gasteiger partial charge in [0.1, 0.15) is 17.9 Å². The molecule has 3 N–H and O–H groups in total. The maximum atomic E-state index is 14.6. The van der Waals surface area contributed by atoms with Gasteiger partial charge in [0.05, 0.1) is 16.7 Å². The summed E-state index contributed by atoms with van der Waals surface area (Å²) >= 11 is 6.39. The third-order valence-corrected chi connectivity index (χ3v) is 17.9. The summed E-state index contributed by atoms with van der Waals surface area (Å²) in [6.07, 6.45) is -0.609. The number of carbonyl (C=O) groups is 2. The molecule has 0 radical (unpaired) electrons. The normalized spacial score (nSPS) is 13.9. The zero-order chi connectivity index (χ0) is 33.1. The van der Waals surface area contributed by atoms with Gasteiger partial charge in [-0.25, -0.2) is 4.39 Å². The molecule has 2 rings (SSSR count). The van der Waals surface area contributed by atoms with Crippen LogP contribution in [0.3, 0.4) is 0 Å². The number of hydrazine groups is 1. The van der Waals surface area contributed by atoms with Crippen molar-refractivity contribution in [3.63, 3.8) is 0 Å². The van der Waals surface area contributed by atoms with Crippen molar-refractivity contribution in [2.24, 2.45) is 0 Å². The minimum Gasteiger partial charge on any atom is -0.542 e. The van der Waals surface area contributed by atoms with Crippen LogP contribution in [-0.4, -0.2) is 40.6 Å². The van der Waals surface area contributed by atoms with Crippen molar-refractivity contribution in [2.45, 2.75) is 104 Å². The van der Waals surface area contributed by atoms with E-state index in [1.807, 2.05) is 39.9 Å². The van der Waals surface area contributed by atoms with Crippen LogP contribution >= 0.6 is 11.6 Å². The van der Waals surface area contributed by atoms with Gasteiger partial charge < -0.3 is 14.2 Å². The van der Waals surface area contributed by atoms with Gasteiger partial charge in [0.25, 0.3) is 20.1 Å². The van der Waals surface area contributed by atoms with Gasteiger partial charge in [-0.1, -0.05) is 53.1 Å². The Hall–Kier alpha value is -2.92. The third-order valence-electron chi connectivity index (χ3n) is 8.52. The van der Waals surface area contributed by atoms with Crippen LogP contribution in [0.15, 0.2) is 30.3 Å². The summed E-state index contributed by atoms with van der Waals surface area (Å²) in [7, 11) is -4.67. The zero-order valence-electron chi connectivity index (χ0n) is 27.4. The number of hydrogen-bond donors (Lipinski definition) is 3. The fourth-order valence-electron chi connectivity index (χ4n) is 3.62. The van der Waals surface area contributed by atoms with Gasteiger partial charge in [-0.3, -0.25) is 20.4 Å². The number of nitrogens with zero attached hydrogens (tertiary/aromatic N) is 1. The molecule has 8 nitrogen and oxygen atoms in total. The maximum absolute atomic E-state index is 14.6. The highest BCUT2D eigenvalue weighted by Crippen LogP contribution is 2.39. The third kappa shape index (κ3) is 8.82. The zero-order valence-corrected chi connectivity index (χ0v) is 30.1. The topological polar surface area (TPSA) is 112 Å². The lowest BCUT2D eigenvalue weighted by molar-refractivity contribution is -0.124. The molecule has 43 heavy (non-hydrogen) atoms.